The number of hydrogen-bond acceptors (Lipinski definition) is 4. The first-order valence-electron chi connectivity index (χ1n) is 9.72. The van der Waals surface area contributed by atoms with Crippen molar-refractivity contribution in [2.24, 2.45) is 0 Å². The Balaban J connectivity index is 1.23. The van der Waals surface area contributed by atoms with Gasteiger partial charge in [-0.05, 0) is 36.4 Å². The smallest absolute Gasteiger partial charge is 0.341 e. The zero-order chi connectivity index (χ0) is 21.1. The van der Waals surface area contributed by atoms with E-state index in [0.29, 0.717) is 5.69 Å². The monoisotopic (exact) mass is 417 g/mol. The number of carbonyl (C=O) groups is 1. The second-order valence-corrected chi connectivity index (χ2v) is 7.38. The number of fused-ring (bicyclic) bond motifs is 1. The number of alkyl halides is 3. The Hall–Kier alpha value is -2.91. The fourth-order valence-corrected chi connectivity index (χ4v) is 3.54. The Labute approximate surface area is 171 Å². The molecular formula is C21H22F3N5O. The van der Waals surface area contributed by atoms with Crippen molar-refractivity contribution in [1.29, 1.82) is 0 Å². The molecule has 1 saturated heterocycles. The lowest BCUT2D eigenvalue weighted by Crippen LogP contribution is -2.48. The quantitative estimate of drug-likeness (QED) is 0.669. The molecule has 2 heterocycles. The number of para-hydroxylation sites is 2. The van der Waals surface area contributed by atoms with Gasteiger partial charge in [0.2, 0.25) is 5.91 Å². The van der Waals surface area contributed by atoms with E-state index in [4.69, 9.17) is 0 Å². The molecule has 30 heavy (non-hydrogen) atoms. The first-order chi connectivity index (χ1) is 14.4. The van der Waals surface area contributed by atoms with E-state index in [1.54, 1.807) is 0 Å². The van der Waals surface area contributed by atoms with Crippen molar-refractivity contribution in [3.8, 4) is 0 Å². The maximum Gasteiger partial charge on any atom is 0.416 e. The Bertz CT molecular complexity index is 974. The zero-order valence-electron chi connectivity index (χ0n) is 16.2. The van der Waals surface area contributed by atoms with Gasteiger partial charge in [0.1, 0.15) is 5.82 Å². The van der Waals surface area contributed by atoms with Crippen LogP contribution in [0.15, 0.2) is 48.5 Å². The van der Waals surface area contributed by atoms with Crippen LogP contribution in [0.3, 0.4) is 0 Å². The van der Waals surface area contributed by atoms with Crippen LogP contribution in [0.5, 0.6) is 0 Å². The van der Waals surface area contributed by atoms with Gasteiger partial charge in [-0.1, -0.05) is 12.1 Å². The van der Waals surface area contributed by atoms with E-state index < -0.39 is 11.7 Å². The van der Waals surface area contributed by atoms with Crippen LogP contribution in [0.4, 0.5) is 18.9 Å². The van der Waals surface area contributed by atoms with E-state index in [0.717, 1.165) is 61.7 Å². The molecule has 0 aliphatic carbocycles. The summed E-state index contributed by atoms with van der Waals surface area (Å²) in [5.41, 5.74) is 1.59. The number of H-pyrrole nitrogens is 1. The van der Waals surface area contributed by atoms with E-state index >= 15 is 0 Å². The Morgan fingerprint density at radius 2 is 1.67 bits per heavy atom. The average molecular weight is 417 g/mol. The third-order valence-corrected chi connectivity index (χ3v) is 5.14. The van der Waals surface area contributed by atoms with E-state index in [1.165, 1.54) is 12.1 Å². The molecule has 1 amide bonds. The van der Waals surface area contributed by atoms with Crippen molar-refractivity contribution in [1.82, 2.24) is 19.8 Å². The van der Waals surface area contributed by atoms with Gasteiger partial charge in [-0.3, -0.25) is 14.6 Å². The summed E-state index contributed by atoms with van der Waals surface area (Å²) in [4.78, 5) is 24.5. The highest BCUT2D eigenvalue weighted by Gasteiger charge is 2.30. The fourth-order valence-electron chi connectivity index (χ4n) is 3.54. The lowest BCUT2D eigenvalue weighted by molar-refractivity contribution is -0.137. The number of anilines is 1. The van der Waals surface area contributed by atoms with Crippen LogP contribution in [-0.4, -0.2) is 58.4 Å². The van der Waals surface area contributed by atoms with Gasteiger partial charge in [0, 0.05) is 31.9 Å². The molecule has 0 radical (unpaired) electrons. The SMILES string of the molecule is O=C(CN1CCN(Cc2nc3ccccc3[nH]2)CC1)Nc1ccc(C(F)(F)F)cc1. The number of nitrogens with zero attached hydrogens (tertiary/aromatic N) is 3. The molecule has 1 aromatic heterocycles. The number of amides is 1. The van der Waals surface area contributed by atoms with Crippen molar-refractivity contribution < 1.29 is 18.0 Å². The van der Waals surface area contributed by atoms with Crippen molar-refractivity contribution in [3.05, 3.63) is 59.9 Å². The minimum atomic E-state index is -4.38. The number of benzene rings is 2. The molecule has 0 bridgehead atoms. The van der Waals surface area contributed by atoms with Crippen LogP contribution in [0.25, 0.3) is 11.0 Å². The maximum atomic E-state index is 12.6. The molecule has 0 saturated carbocycles. The molecule has 9 heteroatoms. The van der Waals surface area contributed by atoms with E-state index in [1.807, 2.05) is 29.2 Å². The van der Waals surface area contributed by atoms with Crippen molar-refractivity contribution in [3.63, 3.8) is 0 Å². The standard InChI is InChI=1S/C21H22F3N5O/c22-21(23,24)15-5-7-16(8-6-15)25-20(30)14-29-11-9-28(10-12-29)13-19-26-17-3-1-2-4-18(17)27-19/h1-8H,9-14H2,(H,25,30)(H,26,27). The molecule has 158 valence electrons. The molecule has 2 N–H and O–H groups in total. The lowest BCUT2D eigenvalue weighted by Gasteiger charge is -2.33. The highest BCUT2D eigenvalue weighted by molar-refractivity contribution is 5.92. The zero-order valence-corrected chi connectivity index (χ0v) is 16.2. The molecule has 1 aliphatic heterocycles. The number of aromatic nitrogens is 2. The van der Waals surface area contributed by atoms with Crippen molar-refractivity contribution >= 4 is 22.6 Å². The van der Waals surface area contributed by atoms with Crippen LogP contribution in [0.1, 0.15) is 11.4 Å². The minimum Gasteiger partial charge on any atom is -0.341 e. The molecule has 1 fully saturated rings. The Kier molecular flexibility index (Phi) is 5.74. The number of halogens is 3. The topological polar surface area (TPSA) is 64.3 Å². The van der Waals surface area contributed by atoms with Gasteiger partial charge < -0.3 is 10.3 Å². The van der Waals surface area contributed by atoms with Crippen LogP contribution in [0, 0.1) is 0 Å². The van der Waals surface area contributed by atoms with E-state index in [-0.39, 0.29) is 12.5 Å². The maximum absolute atomic E-state index is 12.6. The van der Waals surface area contributed by atoms with Crippen LogP contribution in [0.2, 0.25) is 0 Å². The molecule has 2 aromatic carbocycles. The number of carbonyl (C=O) groups excluding carboxylic acids is 1. The second kappa shape index (κ2) is 8.45. The largest absolute Gasteiger partial charge is 0.416 e. The van der Waals surface area contributed by atoms with E-state index in [9.17, 15) is 18.0 Å². The summed E-state index contributed by atoms with van der Waals surface area (Å²) < 4.78 is 37.8. The number of piperazine rings is 1. The normalized spacial score (nSPS) is 16.1. The molecule has 0 unspecified atom stereocenters. The number of imidazole rings is 1. The Morgan fingerprint density at radius 1 is 1.00 bits per heavy atom. The molecule has 3 aromatic rings. The van der Waals surface area contributed by atoms with Crippen LogP contribution in [-0.2, 0) is 17.5 Å². The molecule has 0 spiro atoms. The summed E-state index contributed by atoms with van der Waals surface area (Å²) in [6.07, 6.45) is -4.38. The van der Waals surface area contributed by atoms with Gasteiger partial charge >= 0.3 is 6.18 Å². The fraction of sp³-hybridized carbons (Fsp3) is 0.333. The van der Waals surface area contributed by atoms with Gasteiger partial charge in [-0.2, -0.15) is 13.2 Å². The highest BCUT2D eigenvalue weighted by atomic mass is 19.4. The summed E-state index contributed by atoms with van der Waals surface area (Å²) >= 11 is 0. The number of rotatable bonds is 5. The molecule has 6 nitrogen and oxygen atoms in total. The first kappa shape index (κ1) is 20.4. The summed E-state index contributed by atoms with van der Waals surface area (Å²) in [6, 6.07) is 12.4. The predicted molar refractivity (Wildman–Crippen MR) is 108 cm³/mol. The van der Waals surface area contributed by atoms with Gasteiger partial charge in [0.15, 0.2) is 0 Å². The highest BCUT2D eigenvalue weighted by Crippen LogP contribution is 2.29. The third-order valence-electron chi connectivity index (χ3n) is 5.14. The average Bonchev–Trinajstić information content (AvgIpc) is 3.11. The summed E-state index contributed by atoms with van der Waals surface area (Å²) in [5.74, 6) is 0.685. The minimum absolute atomic E-state index is 0.208. The number of nitrogens with one attached hydrogen (secondary N) is 2. The predicted octanol–water partition coefficient (Wildman–Crippen LogP) is 3.34. The Morgan fingerprint density at radius 3 is 2.33 bits per heavy atom. The third kappa shape index (κ3) is 4.98. The lowest BCUT2D eigenvalue weighted by atomic mass is 10.2. The summed E-state index contributed by atoms with van der Waals surface area (Å²) in [5, 5.41) is 2.66. The van der Waals surface area contributed by atoms with Crippen molar-refractivity contribution in [2.75, 3.05) is 38.0 Å². The van der Waals surface area contributed by atoms with Crippen LogP contribution >= 0.6 is 0 Å². The van der Waals surface area contributed by atoms with Crippen LogP contribution < -0.4 is 5.32 Å². The molecular weight excluding hydrogens is 395 g/mol. The molecule has 1 aliphatic rings. The van der Waals surface area contributed by atoms with Gasteiger partial charge in [0.05, 0.1) is 29.7 Å². The van der Waals surface area contributed by atoms with Gasteiger partial charge in [0.25, 0.3) is 0 Å². The second-order valence-electron chi connectivity index (χ2n) is 7.38. The van der Waals surface area contributed by atoms with Gasteiger partial charge in [-0.15, -0.1) is 0 Å². The number of aromatic amines is 1. The van der Waals surface area contributed by atoms with Crippen molar-refractivity contribution in [2.45, 2.75) is 12.7 Å². The van der Waals surface area contributed by atoms with E-state index in [2.05, 4.69) is 20.2 Å². The summed E-state index contributed by atoms with van der Waals surface area (Å²) in [7, 11) is 0. The number of hydrogen-bond donors (Lipinski definition) is 2. The molecule has 0 atom stereocenters. The van der Waals surface area contributed by atoms with Gasteiger partial charge in [-0.25, -0.2) is 4.98 Å². The first-order valence-corrected chi connectivity index (χ1v) is 9.72. The molecule has 4 rings (SSSR count). The summed E-state index contributed by atoms with van der Waals surface area (Å²) in [6.45, 7) is 4.02.